The Bertz CT molecular complexity index is 1010. The summed E-state index contributed by atoms with van der Waals surface area (Å²) in [5.41, 5.74) is 1.08. The van der Waals surface area contributed by atoms with E-state index in [1.807, 2.05) is 41.0 Å². The van der Waals surface area contributed by atoms with E-state index in [-0.39, 0.29) is 5.08 Å². The van der Waals surface area contributed by atoms with Crippen molar-refractivity contribution < 1.29 is 8.42 Å². The van der Waals surface area contributed by atoms with Gasteiger partial charge >= 0.3 is 0 Å². The second kappa shape index (κ2) is 7.12. The van der Waals surface area contributed by atoms with Gasteiger partial charge in [0.2, 0.25) is 14.8 Å². The lowest BCUT2D eigenvalue weighted by Crippen LogP contribution is -2.14. The summed E-state index contributed by atoms with van der Waals surface area (Å²) in [6, 6.07) is 12.1. The van der Waals surface area contributed by atoms with Gasteiger partial charge in [-0.15, -0.1) is 10.2 Å². The minimum absolute atomic E-state index is 0.251. The lowest BCUT2D eigenvalue weighted by atomic mass is 10.0. The molecule has 3 aromatic rings. The van der Waals surface area contributed by atoms with E-state index in [0.717, 1.165) is 32.6 Å². The maximum atomic E-state index is 11.2. The molecular formula is C14H12Br2N4O2S2. The average molecular weight is 492 g/mol. The minimum Gasteiger partial charge on any atom is -0.292 e. The van der Waals surface area contributed by atoms with Crippen LogP contribution in [0.15, 0.2) is 50.8 Å². The first-order valence-corrected chi connectivity index (χ1v) is 11.0. The molecule has 0 aliphatic carbocycles. The highest BCUT2D eigenvalue weighted by Gasteiger charge is 2.15. The fourth-order valence-corrected chi connectivity index (χ4v) is 4.73. The summed E-state index contributed by atoms with van der Waals surface area (Å²) >= 11 is 7.96. The van der Waals surface area contributed by atoms with E-state index in [0.29, 0.717) is 16.4 Å². The molecule has 126 valence electrons. The first-order valence-electron chi connectivity index (χ1n) is 6.73. The third-order valence-electron chi connectivity index (χ3n) is 3.31. The van der Waals surface area contributed by atoms with Crippen molar-refractivity contribution in [2.75, 3.05) is 5.08 Å². The zero-order valence-electron chi connectivity index (χ0n) is 12.2. The molecule has 0 amide bonds. The number of nitrogens with two attached hydrogens (primary N) is 1. The van der Waals surface area contributed by atoms with Gasteiger partial charge < -0.3 is 0 Å². The Kier molecular flexibility index (Phi) is 5.30. The largest absolute Gasteiger partial charge is 0.292 e. The first-order chi connectivity index (χ1) is 11.3. The Morgan fingerprint density at radius 2 is 1.79 bits per heavy atom. The highest BCUT2D eigenvalue weighted by molar-refractivity contribution is 9.10. The molecule has 0 aliphatic heterocycles. The number of sulfonamides is 1. The van der Waals surface area contributed by atoms with Crippen LogP contribution in [0.25, 0.3) is 10.8 Å². The predicted octanol–water partition coefficient (Wildman–Crippen LogP) is 3.34. The molecule has 0 radical (unpaired) electrons. The molecule has 1 heterocycles. The van der Waals surface area contributed by atoms with Gasteiger partial charge in [-0.1, -0.05) is 58.0 Å². The normalized spacial score (nSPS) is 12.0. The molecule has 10 heteroatoms. The molecule has 0 saturated carbocycles. The molecule has 1 aromatic heterocycles. The van der Waals surface area contributed by atoms with Crippen LogP contribution in [-0.4, -0.2) is 28.3 Å². The number of aromatic nitrogens is 3. The van der Waals surface area contributed by atoms with Gasteiger partial charge in [-0.25, -0.2) is 13.6 Å². The molecule has 2 aromatic carbocycles. The van der Waals surface area contributed by atoms with Crippen molar-refractivity contribution in [2.24, 2.45) is 5.14 Å². The lowest BCUT2D eigenvalue weighted by molar-refractivity contribution is 0.602. The maximum Gasteiger partial charge on any atom is 0.218 e. The molecule has 0 saturated heterocycles. The molecule has 0 unspecified atom stereocenters. The number of nitrogens with zero attached hydrogens (tertiary/aromatic N) is 3. The smallest absolute Gasteiger partial charge is 0.218 e. The Morgan fingerprint density at radius 1 is 1.08 bits per heavy atom. The third-order valence-corrected chi connectivity index (χ3v) is 6.94. The van der Waals surface area contributed by atoms with Crippen LogP contribution in [0.2, 0.25) is 0 Å². The van der Waals surface area contributed by atoms with E-state index in [1.165, 1.54) is 0 Å². The highest BCUT2D eigenvalue weighted by atomic mass is 79.9. The second-order valence-electron chi connectivity index (χ2n) is 5.01. The van der Waals surface area contributed by atoms with Gasteiger partial charge in [0.05, 0.1) is 6.54 Å². The van der Waals surface area contributed by atoms with E-state index < -0.39 is 10.0 Å². The Morgan fingerprint density at radius 3 is 2.50 bits per heavy atom. The number of halogens is 2. The lowest BCUT2D eigenvalue weighted by Gasteiger charge is -2.11. The van der Waals surface area contributed by atoms with Crippen LogP contribution in [0, 0.1) is 0 Å². The van der Waals surface area contributed by atoms with Gasteiger partial charge in [-0.05, 0) is 38.3 Å². The fourth-order valence-electron chi connectivity index (χ4n) is 2.28. The third kappa shape index (κ3) is 3.99. The van der Waals surface area contributed by atoms with E-state index in [9.17, 15) is 8.42 Å². The van der Waals surface area contributed by atoms with Gasteiger partial charge in [0.25, 0.3) is 0 Å². The van der Waals surface area contributed by atoms with E-state index in [4.69, 9.17) is 5.14 Å². The predicted molar refractivity (Wildman–Crippen MR) is 102 cm³/mol. The zero-order chi connectivity index (χ0) is 17.3. The number of hydrogen-bond donors (Lipinski definition) is 1. The van der Waals surface area contributed by atoms with E-state index in [2.05, 4.69) is 42.1 Å². The van der Waals surface area contributed by atoms with Crippen molar-refractivity contribution in [2.45, 2.75) is 11.7 Å². The van der Waals surface area contributed by atoms with Crippen LogP contribution >= 0.6 is 43.6 Å². The quantitative estimate of drug-likeness (QED) is 0.552. The molecule has 0 spiro atoms. The van der Waals surface area contributed by atoms with Crippen molar-refractivity contribution in [1.29, 1.82) is 0 Å². The van der Waals surface area contributed by atoms with Crippen molar-refractivity contribution >= 4 is 64.4 Å². The molecule has 0 bridgehead atoms. The van der Waals surface area contributed by atoms with Crippen LogP contribution < -0.4 is 5.14 Å². The monoisotopic (exact) mass is 490 g/mol. The van der Waals surface area contributed by atoms with Gasteiger partial charge in [0.15, 0.2) is 5.16 Å². The standard InChI is InChI=1S/C14H12Br2N4O2S2/c15-12-6-5-9(10-3-1-2-4-11(10)12)7-20-13(16)18-19-14(20)23-8-24(17,21)22/h1-6H,7-8H2,(H2,17,21,22). The van der Waals surface area contributed by atoms with Crippen molar-refractivity contribution in [3.63, 3.8) is 0 Å². The van der Waals surface area contributed by atoms with E-state index >= 15 is 0 Å². The Labute approximate surface area is 160 Å². The average Bonchev–Trinajstić information content (AvgIpc) is 2.88. The summed E-state index contributed by atoms with van der Waals surface area (Å²) in [6.45, 7) is 0.508. The van der Waals surface area contributed by atoms with Crippen LogP contribution in [0.1, 0.15) is 5.56 Å². The molecule has 0 fully saturated rings. The summed E-state index contributed by atoms with van der Waals surface area (Å²) in [6.07, 6.45) is 0. The van der Waals surface area contributed by atoms with Crippen molar-refractivity contribution in [1.82, 2.24) is 14.8 Å². The van der Waals surface area contributed by atoms with Crippen LogP contribution in [0.5, 0.6) is 0 Å². The van der Waals surface area contributed by atoms with Gasteiger partial charge in [0, 0.05) is 4.47 Å². The Balaban J connectivity index is 1.98. The SMILES string of the molecule is NS(=O)(=O)CSc1nnc(Br)n1Cc1ccc(Br)c2ccccc12. The number of hydrogen-bond acceptors (Lipinski definition) is 5. The van der Waals surface area contributed by atoms with E-state index in [1.54, 1.807) is 0 Å². The molecule has 0 atom stereocenters. The maximum absolute atomic E-state index is 11.2. The molecule has 6 nitrogen and oxygen atoms in total. The van der Waals surface area contributed by atoms with Crippen molar-refractivity contribution in [3.05, 3.63) is 51.2 Å². The topological polar surface area (TPSA) is 90.9 Å². The number of fused-ring (bicyclic) bond motifs is 1. The Hall–Kier alpha value is -0.940. The van der Waals surface area contributed by atoms with Crippen molar-refractivity contribution in [3.8, 4) is 0 Å². The summed E-state index contributed by atoms with van der Waals surface area (Å²) in [4.78, 5) is 0. The van der Waals surface area contributed by atoms with Gasteiger partial charge in [-0.3, -0.25) is 4.57 Å². The number of thioether (sulfide) groups is 1. The second-order valence-corrected chi connectivity index (χ2v) is 9.50. The highest BCUT2D eigenvalue weighted by Crippen LogP contribution is 2.29. The summed E-state index contributed by atoms with van der Waals surface area (Å²) in [5, 5.41) is 15.5. The number of benzene rings is 2. The molecule has 3 rings (SSSR count). The molecule has 24 heavy (non-hydrogen) atoms. The van der Waals surface area contributed by atoms with Crippen LogP contribution in [0.4, 0.5) is 0 Å². The first kappa shape index (κ1) is 17.9. The summed E-state index contributed by atoms with van der Waals surface area (Å²) in [7, 11) is -3.58. The van der Waals surface area contributed by atoms with Gasteiger partial charge in [0.1, 0.15) is 5.08 Å². The molecule has 2 N–H and O–H groups in total. The zero-order valence-corrected chi connectivity index (χ0v) is 17.0. The van der Waals surface area contributed by atoms with Crippen LogP contribution in [0.3, 0.4) is 0 Å². The number of rotatable bonds is 5. The number of primary sulfonamides is 1. The summed E-state index contributed by atoms with van der Waals surface area (Å²) in [5.74, 6) is 0. The fraction of sp³-hybridized carbons (Fsp3) is 0.143. The molecule has 0 aliphatic rings. The van der Waals surface area contributed by atoms with Crippen LogP contribution in [-0.2, 0) is 16.6 Å². The van der Waals surface area contributed by atoms with Gasteiger partial charge in [-0.2, -0.15) is 0 Å². The molecular weight excluding hydrogens is 480 g/mol. The summed E-state index contributed by atoms with van der Waals surface area (Å²) < 4.78 is 25.7. The minimum atomic E-state index is -3.58.